The van der Waals surface area contributed by atoms with Crippen LogP contribution in [-0.2, 0) is 0 Å². The molecule has 0 aliphatic carbocycles. The van der Waals surface area contributed by atoms with Crippen molar-refractivity contribution < 1.29 is 19.0 Å². The molecule has 3 rings (SSSR count). The molecule has 3 aromatic carbocycles. The van der Waals surface area contributed by atoms with E-state index in [1.165, 1.54) is 0 Å². The Morgan fingerprint density at radius 1 is 0.833 bits per heavy atom. The van der Waals surface area contributed by atoms with Crippen LogP contribution in [0.1, 0.15) is 10.4 Å². The van der Waals surface area contributed by atoms with Crippen molar-refractivity contribution in [2.45, 2.75) is 0 Å². The first kappa shape index (κ1) is 15.9. The Kier molecular flexibility index (Phi) is 4.96. The van der Waals surface area contributed by atoms with Crippen LogP contribution in [0.15, 0.2) is 60.7 Å². The summed E-state index contributed by atoms with van der Waals surface area (Å²) in [7, 11) is 1.62. The molecule has 0 fully saturated rings. The van der Waals surface area contributed by atoms with E-state index in [2.05, 4.69) is 0 Å². The molecule has 122 valence electrons. The van der Waals surface area contributed by atoms with Gasteiger partial charge in [0.05, 0.1) is 12.7 Å². The summed E-state index contributed by atoms with van der Waals surface area (Å²) in [4.78, 5) is 11.4. The van der Waals surface area contributed by atoms with Crippen molar-refractivity contribution in [2.75, 3.05) is 20.3 Å². The van der Waals surface area contributed by atoms with Gasteiger partial charge in [0.25, 0.3) is 0 Å². The first-order valence-electron chi connectivity index (χ1n) is 7.68. The van der Waals surface area contributed by atoms with Crippen molar-refractivity contribution in [2.24, 2.45) is 0 Å². The Labute approximate surface area is 140 Å². The van der Waals surface area contributed by atoms with Gasteiger partial charge in [0.1, 0.15) is 30.5 Å². The molecule has 0 saturated heterocycles. The lowest BCUT2D eigenvalue weighted by atomic mass is 10.0. The molecule has 24 heavy (non-hydrogen) atoms. The number of benzene rings is 3. The Hall–Kier alpha value is -3.01. The predicted octanol–water partition coefficient (Wildman–Crippen LogP) is 4.12. The van der Waals surface area contributed by atoms with Gasteiger partial charge in [0.15, 0.2) is 6.29 Å². The second-order valence-electron chi connectivity index (χ2n) is 5.19. The maximum Gasteiger partial charge on any atom is 0.154 e. The maximum absolute atomic E-state index is 11.4. The molecule has 0 atom stereocenters. The molecule has 0 aromatic heterocycles. The highest BCUT2D eigenvalue weighted by Crippen LogP contribution is 2.26. The fraction of sp³-hybridized carbons (Fsp3) is 0.150. The van der Waals surface area contributed by atoms with Crippen LogP contribution >= 0.6 is 0 Å². The third-order valence-corrected chi connectivity index (χ3v) is 3.72. The zero-order chi connectivity index (χ0) is 16.8. The van der Waals surface area contributed by atoms with Gasteiger partial charge in [0.2, 0.25) is 0 Å². The van der Waals surface area contributed by atoms with Gasteiger partial charge in [0, 0.05) is 0 Å². The number of rotatable bonds is 7. The van der Waals surface area contributed by atoms with Gasteiger partial charge in [-0.25, -0.2) is 0 Å². The molecule has 0 amide bonds. The van der Waals surface area contributed by atoms with Gasteiger partial charge >= 0.3 is 0 Å². The molecule has 0 bridgehead atoms. The lowest BCUT2D eigenvalue weighted by Crippen LogP contribution is -2.10. The summed E-state index contributed by atoms with van der Waals surface area (Å²) >= 11 is 0. The predicted molar refractivity (Wildman–Crippen MR) is 93.3 cm³/mol. The zero-order valence-corrected chi connectivity index (χ0v) is 13.4. The first-order valence-corrected chi connectivity index (χ1v) is 7.68. The number of carbonyl (C=O) groups is 1. The number of aldehydes is 1. The average Bonchev–Trinajstić information content (AvgIpc) is 2.65. The summed E-state index contributed by atoms with van der Waals surface area (Å²) in [5.41, 5.74) is 0.567. The van der Waals surface area contributed by atoms with Crippen LogP contribution in [0, 0.1) is 0 Å². The summed E-state index contributed by atoms with van der Waals surface area (Å²) in [6.07, 6.45) is 0.835. The average molecular weight is 322 g/mol. The van der Waals surface area contributed by atoms with E-state index >= 15 is 0 Å². The van der Waals surface area contributed by atoms with E-state index in [-0.39, 0.29) is 0 Å². The molecule has 0 heterocycles. The van der Waals surface area contributed by atoms with Crippen LogP contribution in [0.3, 0.4) is 0 Å². The van der Waals surface area contributed by atoms with Crippen molar-refractivity contribution >= 4 is 17.1 Å². The lowest BCUT2D eigenvalue weighted by Gasteiger charge is -2.11. The quantitative estimate of drug-likeness (QED) is 0.485. The molecule has 0 radical (unpaired) electrons. The molecule has 0 N–H and O–H groups in total. The van der Waals surface area contributed by atoms with E-state index in [0.717, 1.165) is 28.6 Å². The SMILES string of the molecule is COc1ccc(OCCOc2ccc3ccccc3c2C=O)cc1. The molecule has 4 heteroatoms. The summed E-state index contributed by atoms with van der Waals surface area (Å²) in [5.74, 6) is 2.10. The molecule has 0 saturated carbocycles. The second kappa shape index (κ2) is 7.51. The normalized spacial score (nSPS) is 10.4. The number of hydrogen-bond donors (Lipinski definition) is 0. The standard InChI is InChI=1S/C20H18O4/c1-22-16-7-9-17(10-8-16)23-12-13-24-20-11-6-15-4-2-3-5-18(15)19(20)14-21/h2-11,14H,12-13H2,1H3. The minimum atomic E-state index is 0.352. The number of ether oxygens (including phenoxy) is 3. The highest BCUT2D eigenvalue weighted by molar-refractivity contribution is 6.00. The molecule has 0 aliphatic heterocycles. The van der Waals surface area contributed by atoms with Crippen LogP contribution in [0.2, 0.25) is 0 Å². The van der Waals surface area contributed by atoms with E-state index in [1.54, 1.807) is 7.11 Å². The van der Waals surface area contributed by atoms with Crippen molar-refractivity contribution in [1.82, 2.24) is 0 Å². The third kappa shape index (κ3) is 3.49. The van der Waals surface area contributed by atoms with E-state index < -0.39 is 0 Å². The smallest absolute Gasteiger partial charge is 0.154 e. The van der Waals surface area contributed by atoms with Crippen LogP contribution in [0.4, 0.5) is 0 Å². The lowest BCUT2D eigenvalue weighted by molar-refractivity contribution is 0.112. The zero-order valence-electron chi connectivity index (χ0n) is 13.4. The highest BCUT2D eigenvalue weighted by Gasteiger charge is 2.08. The highest BCUT2D eigenvalue weighted by atomic mass is 16.5. The summed E-state index contributed by atoms with van der Waals surface area (Å²) in [6, 6.07) is 18.9. The Morgan fingerprint density at radius 2 is 1.54 bits per heavy atom. The third-order valence-electron chi connectivity index (χ3n) is 3.72. The maximum atomic E-state index is 11.4. The summed E-state index contributed by atoms with van der Waals surface area (Å²) in [6.45, 7) is 0.739. The molecule has 4 nitrogen and oxygen atoms in total. The van der Waals surface area contributed by atoms with Crippen molar-refractivity contribution in [3.63, 3.8) is 0 Å². The topological polar surface area (TPSA) is 44.8 Å². The van der Waals surface area contributed by atoms with Gasteiger partial charge in [-0.1, -0.05) is 30.3 Å². The molecule has 0 spiro atoms. The Balaban J connectivity index is 1.62. The molecular formula is C20H18O4. The van der Waals surface area contributed by atoms with Gasteiger partial charge in [-0.3, -0.25) is 4.79 Å². The Bertz CT molecular complexity index is 825. The van der Waals surface area contributed by atoms with E-state index in [4.69, 9.17) is 14.2 Å². The monoisotopic (exact) mass is 322 g/mol. The number of hydrogen-bond acceptors (Lipinski definition) is 4. The minimum Gasteiger partial charge on any atom is -0.497 e. The van der Waals surface area contributed by atoms with Crippen molar-refractivity contribution in [3.8, 4) is 17.2 Å². The molecule has 0 unspecified atom stereocenters. The van der Waals surface area contributed by atoms with Crippen LogP contribution < -0.4 is 14.2 Å². The summed E-state index contributed by atoms with van der Waals surface area (Å²) < 4.78 is 16.4. The summed E-state index contributed by atoms with van der Waals surface area (Å²) in [5, 5.41) is 1.91. The number of carbonyl (C=O) groups excluding carboxylic acids is 1. The fourth-order valence-corrected chi connectivity index (χ4v) is 2.51. The van der Waals surface area contributed by atoms with E-state index in [9.17, 15) is 4.79 Å². The van der Waals surface area contributed by atoms with Crippen LogP contribution in [0.5, 0.6) is 17.2 Å². The van der Waals surface area contributed by atoms with Gasteiger partial charge in [-0.15, -0.1) is 0 Å². The van der Waals surface area contributed by atoms with Gasteiger partial charge < -0.3 is 14.2 Å². The minimum absolute atomic E-state index is 0.352. The van der Waals surface area contributed by atoms with Crippen LogP contribution in [-0.4, -0.2) is 26.6 Å². The second-order valence-corrected chi connectivity index (χ2v) is 5.19. The van der Waals surface area contributed by atoms with Gasteiger partial charge in [-0.05, 0) is 41.1 Å². The van der Waals surface area contributed by atoms with Gasteiger partial charge in [-0.2, -0.15) is 0 Å². The number of fused-ring (bicyclic) bond motifs is 1. The van der Waals surface area contributed by atoms with Crippen LogP contribution in [0.25, 0.3) is 10.8 Å². The largest absolute Gasteiger partial charge is 0.497 e. The molecular weight excluding hydrogens is 304 g/mol. The molecule has 3 aromatic rings. The fourth-order valence-electron chi connectivity index (χ4n) is 2.51. The first-order chi connectivity index (χ1) is 11.8. The van der Waals surface area contributed by atoms with E-state index in [1.807, 2.05) is 60.7 Å². The van der Waals surface area contributed by atoms with E-state index in [0.29, 0.717) is 24.5 Å². The molecule has 0 aliphatic rings. The Morgan fingerprint density at radius 3 is 2.29 bits per heavy atom. The van der Waals surface area contributed by atoms with Crippen molar-refractivity contribution in [1.29, 1.82) is 0 Å². The van der Waals surface area contributed by atoms with Crippen molar-refractivity contribution in [3.05, 3.63) is 66.2 Å². The number of methoxy groups -OCH3 is 1.